The van der Waals surface area contributed by atoms with Gasteiger partial charge in [0.05, 0.1) is 0 Å². The minimum absolute atomic E-state index is 0. The van der Waals surface area contributed by atoms with Gasteiger partial charge in [0.1, 0.15) is 5.01 Å². The van der Waals surface area contributed by atoms with Gasteiger partial charge in [0.15, 0.2) is 0 Å². The Balaban J connectivity index is 0.00000144. The minimum Gasteiger partial charge on any atom is -0.327 e. The number of nitrogens with zero attached hydrogens (tertiary/aromatic N) is 1. The summed E-state index contributed by atoms with van der Waals surface area (Å²) in [5, 5.41) is 3.08. The SMILES string of the molecule is C[C@H](N)CSc1ccccc1-c1nccs1.Cl. The van der Waals surface area contributed by atoms with Crippen LogP contribution in [0.3, 0.4) is 0 Å². The molecule has 0 spiro atoms. The zero-order valence-corrected chi connectivity index (χ0v) is 11.9. The van der Waals surface area contributed by atoms with E-state index >= 15 is 0 Å². The van der Waals surface area contributed by atoms with Crippen molar-refractivity contribution in [2.45, 2.75) is 17.9 Å². The highest BCUT2D eigenvalue weighted by Crippen LogP contribution is 2.32. The second-order valence-electron chi connectivity index (χ2n) is 3.62. The van der Waals surface area contributed by atoms with Crippen LogP contribution < -0.4 is 5.73 Å². The van der Waals surface area contributed by atoms with Crippen molar-refractivity contribution in [2.24, 2.45) is 5.73 Å². The van der Waals surface area contributed by atoms with E-state index in [0.717, 1.165) is 10.8 Å². The number of halogens is 1. The monoisotopic (exact) mass is 286 g/mol. The fraction of sp³-hybridized carbons (Fsp3) is 0.250. The Bertz CT molecular complexity index is 444. The number of aromatic nitrogens is 1. The van der Waals surface area contributed by atoms with E-state index in [9.17, 15) is 0 Å². The molecule has 0 fully saturated rings. The fourth-order valence-electron chi connectivity index (χ4n) is 1.35. The minimum atomic E-state index is 0. The van der Waals surface area contributed by atoms with Crippen LogP contribution in [0.4, 0.5) is 0 Å². The van der Waals surface area contributed by atoms with E-state index in [1.54, 1.807) is 23.1 Å². The molecule has 0 aliphatic heterocycles. The normalized spacial score (nSPS) is 11.9. The summed E-state index contributed by atoms with van der Waals surface area (Å²) in [5.41, 5.74) is 6.99. The Kier molecular flexibility index (Phi) is 5.98. The van der Waals surface area contributed by atoms with Crippen molar-refractivity contribution in [3.63, 3.8) is 0 Å². The molecule has 2 rings (SSSR count). The van der Waals surface area contributed by atoms with Crippen LogP contribution in [0, 0.1) is 0 Å². The van der Waals surface area contributed by atoms with Gasteiger partial charge in [-0.05, 0) is 13.0 Å². The van der Waals surface area contributed by atoms with E-state index in [0.29, 0.717) is 0 Å². The first kappa shape index (κ1) is 14.5. The first-order chi connectivity index (χ1) is 7.77. The first-order valence-electron chi connectivity index (χ1n) is 5.14. The molecule has 0 radical (unpaired) electrons. The van der Waals surface area contributed by atoms with Crippen molar-refractivity contribution < 1.29 is 0 Å². The van der Waals surface area contributed by atoms with Gasteiger partial charge in [0, 0.05) is 33.8 Å². The summed E-state index contributed by atoms with van der Waals surface area (Å²) in [4.78, 5) is 5.61. The summed E-state index contributed by atoms with van der Waals surface area (Å²) < 4.78 is 0. The van der Waals surface area contributed by atoms with Crippen molar-refractivity contribution >= 4 is 35.5 Å². The lowest BCUT2D eigenvalue weighted by Crippen LogP contribution is -2.17. The molecule has 17 heavy (non-hydrogen) atoms. The van der Waals surface area contributed by atoms with Crippen LogP contribution >= 0.6 is 35.5 Å². The van der Waals surface area contributed by atoms with Gasteiger partial charge >= 0.3 is 0 Å². The first-order valence-corrected chi connectivity index (χ1v) is 7.01. The zero-order chi connectivity index (χ0) is 11.4. The molecule has 0 saturated heterocycles. The lowest BCUT2D eigenvalue weighted by molar-refractivity contribution is 0.847. The Hall–Kier alpha value is -0.550. The molecule has 0 aliphatic carbocycles. The highest BCUT2D eigenvalue weighted by molar-refractivity contribution is 7.99. The number of benzene rings is 1. The van der Waals surface area contributed by atoms with Gasteiger partial charge in [-0.1, -0.05) is 18.2 Å². The topological polar surface area (TPSA) is 38.9 Å². The van der Waals surface area contributed by atoms with Crippen molar-refractivity contribution in [1.29, 1.82) is 0 Å². The number of hydrogen-bond donors (Lipinski definition) is 1. The van der Waals surface area contributed by atoms with Crippen LogP contribution in [0.1, 0.15) is 6.92 Å². The zero-order valence-electron chi connectivity index (χ0n) is 9.50. The number of thiazole rings is 1. The molecule has 0 amide bonds. The lowest BCUT2D eigenvalue weighted by Gasteiger charge is -2.08. The average molecular weight is 287 g/mol. The van der Waals surface area contributed by atoms with Crippen molar-refractivity contribution in [3.8, 4) is 10.6 Å². The molecule has 2 N–H and O–H groups in total. The second-order valence-corrected chi connectivity index (χ2v) is 5.58. The summed E-state index contributed by atoms with van der Waals surface area (Å²) in [6, 6.07) is 8.56. The van der Waals surface area contributed by atoms with Gasteiger partial charge in [-0.15, -0.1) is 35.5 Å². The molecule has 1 atom stereocenters. The number of thioether (sulfide) groups is 1. The summed E-state index contributed by atoms with van der Waals surface area (Å²) in [7, 11) is 0. The van der Waals surface area contributed by atoms with Crippen LogP contribution in [0.25, 0.3) is 10.6 Å². The molecular formula is C12H15ClN2S2. The number of nitrogens with two attached hydrogens (primary N) is 1. The molecule has 1 heterocycles. The molecule has 5 heteroatoms. The largest absolute Gasteiger partial charge is 0.327 e. The maximum Gasteiger partial charge on any atom is 0.124 e. The van der Waals surface area contributed by atoms with Crippen molar-refractivity contribution in [2.75, 3.05) is 5.75 Å². The summed E-state index contributed by atoms with van der Waals surface area (Å²) in [5.74, 6) is 0.933. The second kappa shape index (κ2) is 7.01. The maximum absolute atomic E-state index is 5.78. The molecule has 0 aliphatic rings. The predicted octanol–water partition coefficient (Wildman–Crippen LogP) is 3.67. The van der Waals surface area contributed by atoms with Gasteiger partial charge in [-0.3, -0.25) is 0 Å². The third kappa shape index (κ3) is 4.00. The quantitative estimate of drug-likeness (QED) is 0.872. The van der Waals surface area contributed by atoms with E-state index < -0.39 is 0 Å². The molecular weight excluding hydrogens is 272 g/mol. The Labute approximate surface area is 116 Å². The van der Waals surface area contributed by atoms with Crippen LogP contribution in [0.15, 0.2) is 40.7 Å². The summed E-state index contributed by atoms with van der Waals surface area (Å²) >= 11 is 3.46. The summed E-state index contributed by atoms with van der Waals surface area (Å²) in [6.45, 7) is 2.03. The number of rotatable bonds is 4. The molecule has 1 aromatic carbocycles. The van der Waals surface area contributed by atoms with Gasteiger partial charge < -0.3 is 5.73 Å². The molecule has 92 valence electrons. The van der Waals surface area contributed by atoms with Crippen molar-refractivity contribution in [1.82, 2.24) is 4.98 Å². The van der Waals surface area contributed by atoms with Gasteiger partial charge in [0.25, 0.3) is 0 Å². The molecule has 1 aromatic heterocycles. The smallest absolute Gasteiger partial charge is 0.124 e. The lowest BCUT2D eigenvalue weighted by atomic mass is 10.2. The van der Waals surface area contributed by atoms with Crippen LogP contribution in [-0.4, -0.2) is 16.8 Å². The molecule has 0 bridgehead atoms. The van der Waals surface area contributed by atoms with Crippen LogP contribution in [0.2, 0.25) is 0 Å². The molecule has 0 unspecified atom stereocenters. The van der Waals surface area contributed by atoms with Gasteiger partial charge in [-0.25, -0.2) is 4.98 Å². The van der Waals surface area contributed by atoms with Crippen LogP contribution in [-0.2, 0) is 0 Å². The van der Waals surface area contributed by atoms with E-state index in [2.05, 4.69) is 23.2 Å². The third-order valence-corrected chi connectivity index (χ3v) is 4.22. The average Bonchev–Trinajstić information content (AvgIpc) is 2.80. The highest BCUT2D eigenvalue weighted by atomic mass is 35.5. The standard InChI is InChI=1S/C12H14N2S2.ClH/c1-9(13)8-16-11-5-3-2-4-10(11)12-14-6-7-15-12;/h2-7,9H,8,13H2,1H3;1H/t9-;/m0./s1. The molecule has 0 saturated carbocycles. The maximum atomic E-state index is 5.78. The van der Waals surface area contributed by atoms with E-state index in [1.165, 1.54) is 10.5 Å². The predicted molar refractivity (Wildman–Crippen MR) is 79.2 cm³/mol. The molecule has 2 nitrogen and oxygen atoms in total. The summed E-state index contributed by atoms with van der Waals surface area (Å²) in [6.07, 6.45) is 1.84. The Morgan fingerprint density at radius 2 is 2.18 bits per heavy atom. The van der Waals surface area contributed by atoms with Crippen molar-refractivity contribution in [3.05, 3.63) is 35.8 Å². The van der Waals surface area contributed by atoms with Crippen LogP contribution in [0.5, 0.6) is 0 Å². The Morgan fingerprint density at radius 3 is 2.82 bits per heavy atom. The third-order valence-electron chi connectivity index (χ3n) is 2.05. The van der Waals surface area contributed by atoms with Gasteiger partial charge in [0.2, 0.25) is 0 Å². The van der Waals surface area contributed by atoms with Gasteiger partial charge in [-0.2, -0.15) is 0 Å². The van der Waals surface area contributed by atoms with E-state index in [-0.39, 0.29) is 18.4 Å². The highest BCUT2D eigenvalue weighted by Gasteiger charge is 2.07. The molecule has 2 aromatic rings. The van der Waals surface area contributed by atoms with E-state index in [1.807, 2.05) is 24.6 Å². The van der Waals surface area contributed by atoms with E-state index in [4.69, 9.17) is 5.73 Å². The number of hydrogen-bond acceptors (Lipinski definition) is 4. The Morgan fingerprint density at radius 1 is 1.41 bits per heavy atom. The fourth-order valence-corrected chi connectivity index (χ4v) is 3.03.